The molecule has 0 aliphatic heterocycles. The van der Waals surface area contributed by atoms with Crippen molar-refractivity contribution in [2.75, 3.05) is 13.7 Å². The first-order valence-corrected chi connectivity index (χ1v) is 6.11. The largest absolute Gasteiger partial charge is 0.480 e. The second kappa shape index (κ2) is 7.53. The summed E-state index contributed by atoms with van der Waals surface area (Å²) in [6.07, 6.45) is 0.182. The molecule has 0 saturated heterocycles. The number of carboxylic acid groups (broad SMARTS) is 1. The number of carbonyl (C=O) groups is 2. The van der Waals surface area contributed by atoms with Crippen molar-refractivity contribution in [2.45, 2.75) is 25.9 Å². The first-order valence-electron chi connectivity index (χ1n) is 6.11. The zero-order valence-corrected chi connectivity index (χ0v) is 11.2. The third-order valence-corrected chi connectivity index (χ3v) is 2.86. The van der Waals surface area contributed by atoms with E-state index in [2.05, 4.69) is 0 Å². The van der Waals surface area contributed by atoms with Gasteiger partial charge in [-0.1, -0.05) is 30.3 Å². The van der Waals surface area contributed by atoms with Crippen LogP contribution in [-0.2, 0) is 20.9 Å². The molecule has 1 amide bonds. The molecule has 0 saturated carbocycles. The normalized spacial score (nSPS) is 11.9. The van der Waals surface area contributed by atoms with Crippen molar-refractivity contribution in [2.24, 2.45) is 0 Å². The Hall–Kier alpha value is -1.88. The molecular weight excluding hydrogens is 246 g/mol. The molecule has 0 aromatic heterocycles. The lowest BCUT2D eigenvalue weighted by atomic mass is 10.1. The summed E-state index contributed by atoms with van der Waals surface area (Å²) in [5, 5.41) is 9.08. The summed E-state index contributed by atoms with van der Waals surface area (Å²) >= 11 is 0. The van der Waals surface area contributed by atoms with E-state index in [0.29, 0.717) is 0 Å². The molecule has 0 radical (unpaired) electrons. The number of nitrogens with zero attached hydrogens (tertiary/aromatic N) is 1. The van der Waals surface area contributed by atoms with Gasteiger partial charge >= 0.3 is 5.97 Å². The summed E-state index contributed by atoms with van der Waals surface area (Å²) in [7, 11) is 1.51. The maximum Gasteiger partial charge on any atom is 0.326 e. The zero-order chi connectivity index (χ0) is 14.3. The fourth-order valence-electron chi connectivity index (χ4n) is 1.69. The van der Waals surface area contributed by atoms with Crippen LogP contribution in [0.15, 0.2) is 30.3 Å². The van der Waals surface area contributed by atoms with E-state index in [0.717, 1.165) is 5.56 Å². The van der Waals surface area contributed by atoms with E-state index in [4.69, 9.17) is 9.84 Å². The quantitative estimate of drug-likeness (QED) is 0.811. The number of benzene rings is 1. The number of ether oxygens (including phenoxy) is 1. The molecule has 0 heterocycles. The van der Waals surface area contributed by atoms with Crippen molar-refractivity contribution in [1.29, 1.82) is 0 Å². The van der Waals surface area contributed by atoms with Crippen LogP contribution < -0.4 is 0 Å². The van der Waals surface area contributed by atoms with Gasteiger partial charge in [0.15, 0.2) is 0 Å². The first kappa shape index (κ1) is 15.2. The van der Waals surface area contributed by atoms with Gasteiger partial charge in [0.25, 0.3) is 0 Å². The molecule has 5 nitrogen and oxygen atoms in total. The van der Waals surface area contributed by atoms with E-state index in [-0.39, 0.29) is 25.5 Å². The monoisotopic (exact) mass is 265 g/mol. The molecule has 0 aliphatic rings. The number of aliphatic carboxylic acids is 1. The second-order valence-electron chi connectivity index (χ2n) is 4.26. The van der Waals surface area contributed by atoms with E-state index in [9.17, 15) is 9.59 Å². The maximum atomic E-state index is 12.0. The lowest BCUT2D eigenvalue weighted by Gasteiger charge is -2.26. The van der Waals surface area contributed by atoms with E-state index in [1.807, 2.05) is 30.3 Å². The van der Waals surface area contributed by atoms with Crippen LogP contribution in [0.25, 0.3) is 0 Å². The Kier molecular flexibility index (Phi) is 6.02. The predicted molar refractivity (Wildman–Crippen MR) is 70.6 cm³/mol. The van der Waals surface area contributed by atoms with Crippen LogP contribution in [-0.4, -0.2) is 41.6 Å². The molecular formula is C14H19NO4. The molecule has 1 N–H and O–H groups in total. The minimum absolute atomic E-state index is 0.182. The third-order valence-electron chi connectivity index (χ3n) is 2.86. The average molecular weight is 265 g/mol. The molecule has 0 bridgehead atoms. The van der Waals surface area contributed by atoms with Gasteiger partial charge < -0.3 is 14.7 Å². The molecule has 1 rings (SSSR count). The van der Waals surface area contributed by atoms with Crippen LogP contribution in [0, 0.1) is 0 Å². The Morgan fingerprint density at radius 3 is 2.47 bits per heavy atom. The summed E-state index contributed by atoms with van der Waals surface area (Å²) in [6.45, 7) is 2.09. The highest BCUT2D eigenvalue weighted by Gasteiger charge is 2.25. The van der Waals surface area contributed by atoms with E-state index in [1.54, 1.807) is 0 Å². The number of hydrogen-bond donors (Lipinski definition) is 1. The lowest BCUT2D eigenvalue weighted by molar-refractivity contribution is -0.150. The summed E-state index contributed by atoms with van der Waals surface area (Å²) in [6, 6.07) is 8.47. The lowest BCUT2D eigenvalue weighted by Crippen LogP contribution is -2.43. The second-order valence-corrected chi connectivity index (χ2v) is 4.26. The van der Waals surface area contributed by atoms with Gasteiger partial charge in [-0.15, -0.1) is 0 Å². The highest BCUT2D eigenvalue weighted by molar-refractivity contribution is 5.83. The third kappa shape index (κ3) is 4.71. The number of methoxy groups -OCH3 is 1. The van der Waals surface area contributed by atoms with E-state index >= 15 is 0 Å². The van der Waals surface area contributed by atoms with Crippen LogP contribution in [0.2, 0.25) is 0 Å². The predicted octanol–water partition coefficient (Wildman–Crippen LogP) is 1.52. The van der Waals surface area contributed by atoms with Crippen LogP contribution in [0.1, 0.15) is 18.9 Å². The van der Waals surface area contributed by atoms with Crippen molar-refractivity contribution in [3.63, 3.8) is 0 Å². The molecule has 0 aliphatic carbocycles. The van der Waals surface area contributed by atoms with Crippen molar-refractivity contribution >= 4 is 11.9 Å². The summed E-state index contributed by atoms with van der Waals surface area (Å²) in [5.41, 5.74) is 0.904. The maximum absolute atomic E-state index is 12.0. The first-order chi connectivity index (χ1) is 9.06. The molecule has 1 aromatic carbocycles. The van der Waals surface area contributed by atoms with Crippen molar-refractivity contribution in [1.82, 2.24) is 4.90 Å². The van der Waals surface area contributed by atoms with Crippen LogP contribution >= 0.6 is 0 Å². The van der Waals surface area contributed by atoms with Gasteiger partial charge in [-0.3, -0.25) is 4.79 Å². The minimum Gasteiger partial charge on any atom is -0.480 e. The fraction of sp³-hybridized carbons (Fsp3) is 0.429. The average Bonchev–Trinajstić information content (AvgIpc) is 2.42. The zero-order valence-electron chi connectivity index (χ0n) is 11.2. The number of rotatable bonds is 7. The SMILES string of the molecule is COCCC(=O)N(Cc1ccccc1)C(C)C(=O)O. The van der Waals surface area contributed by atoms with Gasteiger partial charge in [-0.25, -0.2) is 4.79 Å². The van der Waals surface area contributed by atoms with Crippen molar-refractivity contribution in [3.05, 3.63) is 35.9 Å². The van der Waals surface area contributed by atoms with Gasteiger partial charge in [0, 0.05) is 13.7 Å². The van der Waals surface area contributed by atoms with Crippen LogP contribution in [0.4, 0.5) is 0 Å². The molecule has 1 aromatic rings. The summed E-state index contributed by atoms with van der Waals surface area (Å²) in [4.78, 5) is 24.5. The molecule has 1 atom stereocenters. The molecule has 19 heavy (non-hydrogen) atoms. The molecule has 0 fully saturated rings. The van der Waals surface area contributed by atoms with Gasteiger partial charge in [-0.2, -0.15) is 0 Å². The Morgan fingerprint density at radius 1 is 1.32 bits per heavy atom. The topological polar surface area (TPSA) is 66.8 Å². The van der Waals surface area contributed by atoms with Crippen molar-refractivity contribution < 1.29 is 19.4 Å². The molecule has 104 valence electrons. The minimum atomic E-state index is -1.01. The van der Waals surface area contributed by atoms with Gasteiger partial charge in [-0.05, 0) is 12.5 Å². The number of carboxylic acids is 1. The van der Waals surface area contributed by atoms with E-state index < -0.39 is 12.0 Å². The molecule has 5 heteroatoms. The van der Waals surface area contributed by atoms with Crippen LogP contribution in [0.3, 0.4) is 0 Å². The Labute approximate surface area is 112 Å². The number of carbonyl (C=O) groups excluding carboxylic acids is 1. The Morgan fingerprint density at radius 2 is 1.95 bits per heavy atom. The molecule has 1 unspecified atom stereocenters. The van der Waals surface area contributed by atoms with Gasteiger partial charge in [0.05, 0.1) is 13.0 Å². The van der Waals surface area contributed by atoms with Gasteiger partial charge in [0.2, 0.25) is 5.91 Å². The van der Waals surface area contributed by atoms with Crippen molar-refractivity contribution in [3.8, 4) is 0 Å². The Bertz CT molecular complexity index is 419. The number of amides is 1. The summed E-state index contributed by atoms with van der Waals surface area (Å²) < 4.78 is 4.86. The highest BCUT2D eigenvalue weighted by Crippen LogP contribution is 2.10. The highest BCUT2D eigenvalue weighted by atomic mass is 16.5. The van der Waals surface area contributed by atoms with Gasteiger partial charge in [0.1, 0.15) is 6.04 Å². The summed E-state index contributed by atoms with van der Waals surface area (Å²) in [5.74, 6) is -1.23. The smallest absolute Gasteiger partial charge is 0.326 e. The number of hydrogen-bond acceptors (Lipinski definition) is 3. The Balaban J connectivity index is 2.80. The fourth-order valence-corrected chi connectivity index (χ4v) is 1.69. The van der Waals surface area contributed by atoms with E-state index in [1.165, 1.54) is 18.9 Å². The molecule has 0 spiro atoms. The standard InChI is InChI=1S/C14H19NO4/c1-11(14(17)18)15(13(16)8-9-19-2)10-12-6-4-3-5-7-12/h3-7,11H,8-10H2,1-2H3,(H,17,18). The van der Waals surface area contributed by atoms with Crippen LogP contribution in [0.5, 0.6) is 0 Å².